The second-order valence-corrected chi connectivity index (χ2v) is 4.52. The van der Waals surface area contributed by atoms with Crippen LogP contribution in [0.1, 0.15) is 32.6 Å². The van der Waals surface area contributed by atoms with E-state index in [0.717, 1.165) is 18.4 Å². The van der Waals surface area contributed by atoms with Gasteiger partial charge in [-0.05, 0) is 32.1 Å². The Bertz CT molecular complexity index is 358. The molecule has 0 bridgehead atoms. The highest BCUT2D eigenvalue weighted by atomic mass is 16.4. The van der Waals surface area contributed by atoms with Gasteiger partial charge in [0.05, 0.1) is 0 Å². The highest BCUT2D eigenvalue weighted by Gasteiger charge is 2.17. The maximum absolute atomic E-state index is 10.8. The van der Waals surface area contributed by atoms with Crippen molar-refractivity contribution in [1.29, 1.82) is 0 Å². The number of carbonyl (C=O) groups is 2. The lowest BCUT2D eigenvalue weighted by atomic mass is 9.90. The van der Waals surface area contributed by atoms with Crippen LogP contribution in [0, 0.1) is 5.92 Å². The van der Waals surface area contributed by atoms with Gasteiger partial charge in [0, 0.05) is 6.42 Å². The molecule has 0 fully saturated rings. The SMILES string of the molecule is CC(=O)CCC1=CCC(CC(N)C(=O)O)C=C1. The fraction of sp³-hybridized carbons (Fsp3) is 0.538. The molecule has 0 amide bonds. The molecule has 2 atom stereocenters. The van der Waals surface area contributed by atoms with E-state index in [1.165, 1.54) is 0 Å². The molecule has 94 valence electrons. The van der Waals surface area contributed by atoms with E-state index >= 15 is 0 Å². The summed E-state index contributed by atoms with van der Waals surface area (Å²) in [4.78, 5) is 21.5. The highest BCUT2D eigenvalue weighted by Crippen LogP contribution is 2.22. The maximum atomic E-state index is 10.8. The van der Waals surface area contributed by atoms with Crippen LogP contribution in [0.2, 0.25) is 0 Å². The quantitative estimate of drug-likeness (QED) is 0.736. The molecular weight excluding hydrogens is 218 g/mol. The van der Waals surface area contributed by atoms with Crippen LogP contribution in [0.3, 0.4) is 0 Å². The Kier molecular flexibility index (Phi) is 5.10. The topological polar surface area (TPSA) is 80.4 Å². The molecule has 1 rings (SSSR count). The molecule has 0 radical (unpaired) electrons. The molecule has 0 aromatic rings. The Labute approximate surface area is 101 Å². The van der Waals surface area contributed by atoms with Crippen LogP contribution in [0.15, 0.2) is 23.8 Å². The van der Waals surface area contributed by atoms with Gasteiger partial charge in [0.1, 0.15) is 11.8 Å². The minimum absolute atomic E-state index is 0.189. The van der Waals surface area contributed by atoms with E-state index in [1.54, 1.807) is 6.92 Å². The van der Waals surface area contributed by atoms with Crippen LogP contribution >= 0.6 is 0 Å². The fourth-order valence-corrected chi connectivity index (χ4v) is 1.82. The summed E-state index contributed by atoms with van der Waals surface area (Å²) in [5, 5.41) is 8.71. The smallest absolute Gasteiger partial charge is 0.320 e. The number of ketones is 1. The van der Waals surface area contributed by atoms with Gasteiger partial charge in [-0.3, -0.25) is 4.79 Å². The van der Waals surface area contributed by atoms with Crippen molar-refractivity contribution in [3.05, 3.63) is 23.8 Å². The Morgan fingerprint density at radius 2 is 2.29 bits per heavy atom. The van der Waals surface area contributed by atoms with Crippen LogP contribution in [0.25, 0.3) is 0 Å². The van der Waals surface area contributed by atoms with Gasteiger partial charge >= 0.3 is 5.97 Å². The molecule has 0 aromatic carbocycles. The first kappa shape index (κ1) is 13.6. The van der Waals surface area contributed by atoms with E-state index in [-0.39, 0.29) is 11.7 Å². The lowest BCUT2D eigenvalue weighted by Gasteiger charge is -2.17. The number of carboxylic acids is 1. The molecular formula is C13H19NO3. The second-order valence-electron chi connectivity index (χ2n) is 4.52. The summed E-state index contributed by atoms with van der Waals surface area (Å²) in [6.45, 7) is 1.59. The van der Waals surface area contributed by atoms with Crippen LogP contribution in [0.4, 0.5) is 0 Å². The number of nitrogens with two attached hydrogens (primary N) is 1. The van der Waals surface area contributed by atoms with Gasteiger partial charge in [0.15, 0.2) is 0 Å². The number of Topliss-reactive ketones (excluding diaryl/α,β-unsaturated/α-hetero) is 1. The minimum Gasteiger partial charge on any atom is -0.480 e. The zero-order valence-electron chi connectivity index (χ0n) is 10.1. The first-order valence-electron chi connectivity index (χ1n) is 5.84. The molecule has 0 heterocycles. The monoisotopic (exact) mass is 237 g/mol. The summed E-state index contributed by atoms with van der Waals surface area (Å²) in [5.41, 5.74) is 6.63. The lowest BCUT2D eigenvalue weighted by Crippen LogP contribution is -2.32. The van der Waals surface area contributed by atoms with Gasteiger partial charge < -0.3 is 15.6 Å². The Morgan fingerprint density at radius 3 is 2.76 bits per heavy atom. The molecule has 2 unspecified atom stereocenters. The maximum Gasteiger partial charge on any atom is 0.320 e. The Balaban J connectivity index is 2.37. The van der Waals surface area contributed by atoms with Gasteiger partial charge in [-0.1, -0.05) is 23.8 Å². The molecule has 0 saturated carbocycles. The average molecular weight is 237 g/mol. The number of aliphatic carboxylic acids is 1. The van der Waals surface area contributed by atoms with Gasteiger partial charge in [-0.25, -0.2) is 0 Å². The van der Waals surface area contributed by atoms with Crippen molar-refractivity contribution >= 4 is 11.8 Å². The van der Waals surface area contributed by atoms with Crippen molar-refractivity contribution in [2.24, 2.45) is 11.7 Å². The highest BCUT2D eigenvalue weighted by molar-refractivity contribution is 5.75. The summed E-state index contributed by atoms with van der Waals surface area (Å²) in [6.07, 6.45) is 8.65. The van der Waals surface area contributed by atoms with Gasteiger partial charge in [-0.15, -0.1) is 0 Å². The molecule has 4 nitrogen and oxygen atoms in total. The van der Waals surface area contributed by atoms with Crippen molar-refractivity contribution in [2.75, 3.05) is 0 Å². The Hall–Kier alpha value is -1.42. The van der Waals surface area contributed by atoms with E-state index < -0.39 is 12.0 Å². The average Bonchev–Trinajstić information content (AvgIpc) is 2.28. The fourth-order valence-electron chi connectivity index (χ4n) is 1.82. The minimum atomic E-state index is -0.954. The molecule has 1 aliphatic carbocycles. The standard InChI is InChI=1S/C13H19NO3/c1-9(15)2-3-10-4-6-11(7-5-10)8-12(14)13(16)17/h4-6,11-12H,2-3,7-8,14H2,1H3,(H,16,17). The van der Waals surface area contributed by atoms with Gasteiger partial charge in [0.2, 0.25) is 0 Å². The number of carbonyl (C=O) groups excluding carboxylic acids is 1. The molecule has 0 spiro atoms. The number of hydrogen-bond acceptors (Lipinski definition) is 3. The molecule has 4 heteroatoms. The van der Waals surface area contributed by atoms with Crippen molar-refractivity contribution in [2.45, 2.75) is 38.6 Å². The van der Waals surface area contributed by atoms with E-state index in [9.17, 15) is 9.59 Å². The first-order valence-corrected chi connectivity index (χ1v) is 5.84. The van der Waals surface area contributed by atoms with E-state index in [2.05, 4.69) is 6.08 Å². The number of allylic oxidation sites excluding steroid dienone is 4. The van der Waals surface area contributed by atoms with E-state index in [4.69, 9.17) is 10.8 Å². The zero-order chi connectivity index (χ0) is 12.8. The predicted molar refractivity (Wildman–Crippen MR) is 65.5 cm³/mol. The summed E-state index contributed by atoms with van der Waals surface area (Å²) in [6, 6.07) is -0.795. The largest absolute Gasteiger partial charge is 0.480 e. The number of hydrogen-bond donors (Lipinski definition) is 2. The van der Waals surface area contributed by atoms with Gasteiger partial charge in [0.25, 0.3) is 0 Å². The summed E-state index contributed by atoms with van der Waals surface area (Å²) < 4.78 is 0. The second kappa shape index (κ2) is 6.35. The van der Waals surface area contributed by atoms with E-state index in [0.29, 0.717) is 12.8 Å². The van der Waals surface area contributed by atoms with Crippen LogP contribution in [-0.2, 0) is 9.59 Å². The molecule has 0 saturated heterocycles. The number of rotatable bonds is 6. The predicted octanol–water partition coefficient (Wildman–Crippen LogP) is 1.66. The summed E-state index contributed by atoms with van der Waals surface area (Å²) in [5.74, 6) is -0.568. The molecule has 3 N–H and O–H groups in total. The van der Waals surface area contributed by atoms with Crippen LogP contribution in [0.5, 0.6) is 0 Å². The molecule has 0 aliphatic heterocycles. The normalized spacial score (nSPS) is 20.8. The van der Waals surface area contributed by atoms with Crippen LogP contribution < -0.4 is 5.73 Å². The third-order valence-corrected chi connectivity index (χ3v) is 2.90. The first-order chi connectivity index (χ1) is 7.99. The van der Waals surface area contributed by atoms with Crippen LogP contribution in [-0.4, -0.2) is 22.9 Å². The van der Waals surface area contributed by atoms with Crippen molar-refractivity contribution in [3.8, 4) is 0 Å². The third-order valence-electron chi connectivity index (χ3n) is 2.90. The molecule has 0 aromatic heterocycles. The van der Waals surface area contributed by atoms with Crippen molar-refractivity contribution in [3.63, 3.8) is 0 Å². The summed E-state index contributed by atoms with van der Waals surface area (Å²) >= 11 is 0. The molecule has 17 heavy (non-hydrogen) atoms. The van der Waals surface area contributed by atoms with E-state index in [1.807, 2.05) is 12.2 Å². The number of carboxylic acid groups (broad SMARTS) is 1. The lowest BCUT2D eigenvalue weighted by molar-refractivity contribution is -0.138. The Morgan fingerprint density at radius 1 is 1.59 bits per heavy atom. The zero-order valence-corrected chi connectivity index (χ0v) is 10.1. The third kappa shape index (κ3) is 4.95. The van der Waals surface area contributed by atoms with Gasteiger partial charge in [-0.2, -0.15) is 0 Å². The van der Waals surface area contributed by atoms with Crippen molar-refractivity contribution < 1.29 is 14.7 Å². The molecule has 1 aliphatic rings. The summed E-state index contributed by atoms with van der Waals surface area (Å²) in [7, 11) is 0. The van der Waals surface area contributed by atoms with Crippen molar-refractivity contribution in [1.82, 2.24) is 0 Å².